The summed E-state index contributed by atoms with van der Waals surface area (Å²) >= 11 is 1.81. The van der Waals surface area contributed by atoms with Gasteiger partial charge in [-0.2, -0.15) is 0 Å². The van der Waals surface area contributed by atoms with E-state index in [1.165, 1.54) is 11.3 Å². The van der Waals surface area contributed by atoms with Gasteiger partial charge in [-0.15, -0.1) is 11.3 Å². The molecule has 2 N–H and O–H groups in total. The Hall–Kier alpha value is -0.380. The Balaban J connectivity index is 1.99. The highest BCUT2D eigenvalue weighted by atomic mass is 32.1. The van der Waals surface area contributed by atoms with Crippen LogP contribution in [0.2, 0.25) is 0 Å². The largest absolute Gasteiger partial charge is 0.314 e. The average molecular weight is 212 g/mol. The number of hydrogen-bond acceptors (Lipinski definition) is 3. The van der Waals surface area contributed by atoms with Crippen molar-refractivity contribution in [1.82, 2.24) is 10.6 Å². The lowest BCUT2D eigenvalue weighted by atomic mass is 10.2. The molecule has 80 valence electrons. The minimum atomic E-state index is 0.621. The van der Waals surface area contributed by atoms with Gasteiger partial charge in [-0.3, -0.25) is 0 Å². The summed E-state index contributed by atoms with van der Waals surface area (Å²) in [6.07, 6.45) is 1.19. The third-order valence-corrected chi connectivity index (χ3v) is 3.06. The number of hydrogen-bond donors (Lipinski definition) is 2. The van der Waals surface area contributed by atoms with Crippen molar-refractivity contribution in [2.75, 3.05) is 13.1 Å². The van der Waals surface area contributed by atoms with E-state index in [-0.39, 0.29) is 0 Å². The summed E-state index contributed by atoms with van der Waals surface area (Å²) < 4.78 is 0. The van der Waals surface area contributed by atoms with Crippen molar-refractivity contribution in [3.63, 3.8) is 0 Å². The van der Waals surface area contributed by atoms with Crippen LogP contribution < -0.4 is 10.6 Å². The van der Waals surface area contributed by atoms with Crippen molar-refractivity contribution in [3.05, 3.63) is 22.4 Å². The molecule has 0 saturated heterocycles. The van der Waals surface area contributed by atoms with Crippen LogP contribution in [0.1, 0.15) is 25.1 Å². The highest BCUT2D eigenvalue weighted by molar-refractivity contribution is 7.09. The van der Waals surface area contributed by atoms with Crippen LogP contribution in [0.4, 0.5) is 0 Å². The maximum absolute atomic E-state index is 3.45. The molecule has 0 aliphatic carbocycles. The van der Waals surface area contributed by atoms with Crippen LogP contribution in [-0.2, 0) is 6.54 Å². The van der Waals surface area contributed by atoms with E-state index >= 15 is 0 Å². The Morgan fingerprint density at radius 3 is 3.00 bits per heavy atom. The number of nitrogens with one attached hydrogen (secondary N) is 2. The van der Waals surface area contributed by atoms with Crippen molar-refractivity contribution >= 4 is 11.3 Å². The summed E-state index contributed by atoms with van der Waals surface area (Å²) in [5, 5.41) is 8.97. The van der Waals surface area contributed by atoms with Crippen LogP contribution >= 0.6 is 11.3 Å². The molecule has 0 aromatic carbocycles. The van der Waals surface area contributed by atoms with E-state index in [4.69, 9.17) is 0 Å². The monoisotopic (exact) mass is 212 g/mol. The van der Waals surface area contributed by atoms with E-state index in [0.29, 0.717) is 6.04 Å². The zero-order valence-corrected chi connectivity index (χ0v) is 9.86. The Labute approximate surface area is 90.7 Å². The summed E-state index contributed by atoms with van der Waals surface area (Å²) in [5.74, 6) is 0. The first-order chi connectivity index (χ1) is 6.83. The van der Waals surface area contributed by atoms with Gasteiger partial charge in [0.15, 0.2) is 0 Å². The molecule has 0 spiro atoms. The molecule has 14 heavy (non-hydrogen) atoms. The van der Waals surface area contributed by atoms with E-state index in [1.807, 2.05) is 11.3 Å². The van der Waals surface area contributed by atoms with Crippen LogP contribution in [0, 0.1) is 0 Å². The van der Waals surface area contributed by atoms with Gasteiger partial charge in [-0.25, -0.2) is 0 Å². The predicted octanol–water partition coefficient (Wildman–Crippen LogP) is 2.23. The van der Waals surface area contributed by atoms with E-state index in [2.05, 4.69) is 42.0 Å². The lowest BCUT2D eigenvalue weighted by molar-refractivity contribution is 0.505. The van der Waals surface area contributed by atoms with Crippen molar-refractivity contribution in [1.29, 1.82) is 0 Å². The van der Waals surface area contributed by atoms with Gasteiger partial charge in [0.25, 0.3) is 0 Å². The first-order valence-electron chi connectivity index (χ1n) is 5.29. The summed E-state index contributed by atoms with van der Waals surface area (Å²) in [6, 6.07) is 4.89. The van der Waals surface area contributed by atoms with E-state index in [1.54, 1.807) is 0 Å². The van der Waals surface area contributed by atoms with Crippen molar-refractivity contribution in [2.45, 2.75) is 32.9 Å². The molecule has 0 aliphatic rings. The summed E-state index contributed by atoms with van der Waals surface area (Å²) in [5.41, 5.74) is 0. The molecule has 2 nitrogen and oxygen atoms in total. The maximum Gasteiger partial charge on any atom is 0.0299 e. The van der Waals surface area contributed by atoms with Gasteiger partial charge in [0.05, 0.1) is 0 Å². The summed E-state index contributed by atoms with van der Waals surface area (Å²) in [7, 11) is 0. The molecule has 1 heterocycles. The average Bonchev–Trinajstić information content (AvgIpc) is 2.65. The van der Waals surface area contributed by atoms with Gasteiger partial charge in [0.2, 0.25) is 0 Å². The first-order valence-corrected chi connectivity index (χ1v) is 6.17. The van der Waals surface area contributed by atoms with E-state index in [9.17, 15) is 0 Å². The van der Waals surface area contributed by atoms with Gasteiger partial charge in [0.1, 0.15) is 0 Å². The molecule has 0 fully saturated rings. The molecule has 1 aromatic rings. The smallest absolute Gasteiger partial charge is 0.0299 e. The Morgan fingerprint density at radius 2 is 2.36 bits per heavy atom. The second-order valence-electron chi connectivity index (χ2n) is 3.50. The van der Waals surface area contributed by atoms with E-state index < -0.39 is 0 Å². The van der Waals surface area contributed by atoms with Crippen LogP contribution in [-0.4, -0.2) is 19.1 Å². The molecule has 1 rings (SSSR count). The maximum atomic E-state index is 3.45. The Kier molecular flexibility index (Phi) is 5.83. The number of rotatable bonds is 7. The molecule has 0 amide bonds. The fraction of sp³-hybridized carbons (Fsp3) is 0.636. The van der Waals surface area contributed by atoms with Gasteiger partial charge >= 0.3 is 0 Å². The van der Waals surface area contributed by atoms with Crippen molar-refractivity contribution in [2.24, 2.45) is 0 Å². The molecule has 1 aromatic heterocycles. The lowest BCUT2D eigenvalue weighted by Gasteiger charge is -2.11. The van der Waals surface area contributed by atoms with Crippen LogP contribution in [0.25, 0.3) is 0 Å². The third-order valence-electron chi connectivity index (χ3n) is 2.19. The van der Waals surface area contributed by atoms with Gasteiger partial charge in [-0.05, 0) is 37.9 Å². The van der Waals surface area contributed by atoms with Gasteiger partial charge < -0.3 is 10.6 Å². The fourth-order valence-corrected chi connectivity index (χ4v) is 2.07. The van der Waals surface area contributed by atoms with Crippen LogP contribution in [0.3, 0.4) is 0 Å². The minimum absolute atomic E-state index is 0.621. The van der Waals surface area contributed by atoms with Crippen LogP contribution in [0.15, 0.2) is 17.5 Å². The molecular formula is C11H20N2S. The topological polar surface area (TPSA) is 24.1 Å². The molecule has 1 atom stereocenters. The number of thiophene rings is 1. The SMILES string of the molecule is CCNC(C)CCNCc1cccs1. The summed E-state index contributed by atoms with van der Waals surface area (Å²) in [4.78, 5) is 1.42. The second-order valence-corrected chi connectivity index (χ2v) is 4.54. The third kappa shape index (κ3) is 4.74. The highest BCUT2D eigenvalue weighted by Crippen LogP contribution is 2.07. The molecule has 0 aliphatic heterocycles. The molecule has 0 saturated carbocycles. The predicted molar refractivity (Wildman–Crippen MR) is 63.8 cm³/mol. The molecule has 1 unspecified atom stereocenters. The van der Waals surface area contributed by atoms with E-state index in [0.717, 1.165) is 19.6 Å². The first kappa shape index (κ1) is 11.7. The lowest BCUT2D eigenvalue weighted by Crippen LogP contribution is -2.29. The Bertz CT molecular complexity index is 221. The molecule has 0 radical (unpaired) electrons. The van der Waals surface area contributed by atoms with Crippen LogP contribution in [0.5, 0.6) is 0 Å². The summed E-state index contributed by atoms with van der Waals surface area (Å²) in [6.45, 7) is 7.54. The Morgan fingerprint density at radius 1 is 1.50 bits per heavy atom. The quantitative estimate of drug-likeness (QED) is 0.677. The van der Waals surface area contributed by atoms with Gasteiger partial charge in [-0.1, -0.05) is 13.0 Å². The van der Waals surface area contributed by atoms with Crippen molar-refractivity contribution in [3.8, 4) is 0 Å². The molecular weight excluding hydrogens is 192 g/mol. The standard InChI is InChI=1S/C11H20N2S/c1-3-13-10(2)6-7-12-9-11-5-4-8-14-11/h4-5,8,10,12-13H,3,6-7,9H2,1-2H3. The minimum Gasteiger partial charge on any atom is -0.314 e. The van der Waals surface area contributed by atoms with Crippen molar-refractivity contribution < 1.29 is 0 Å². The second kappa shape index (κ2) is 6.98. The highest BCUT2D eigenvalue weighted by Gasteiger charge is 1.98. The zero-order valence-electron chi connectivity index (χ0n) is 9.05. The molecule has 3 heteroatoms. The molecule has 0 bridgehead atoms. The zero-order chi connectivity index (χ0) is 10.2. The van der Waals surface area contributed by atoms with Gasteiger partial charge in [0, 0.05) is 17.5 Å². The fourth-order valence-electron chi connectivity index (χ4n) is 1.39. The normalized spacial score (nSPS) is 13.0.